The molecule has 1 aromatic heterocycles. The van der Waals surface area contributed by atoms with Gasteiger partial charge >= 0.3 is 11.6 Å². The van der Waals surface area contributed by atoms with Gasteiger partial charge in [-0.05, 0) is 18.2 Å². The van der Waals surface area contributed by atoms with E-state index in [9.17, 15) is 9.59 Å². The van der Waals surface area contributed by atoms with Crippen molar-refractivity contribution in [2.75, 3.05) is 5.73 Å². The van der Waals surface area contributed by atoms with Gasteiger partial charge in [-0.3, -0.25) is 4.79 Å². The molecule has 0 aliphatic carbocycles. The van der Waals surface area contributed by atoms with Gasteiger partial charge < -0.3 is 21.0 Å². The summed E-state index contributed by atoms with van der Waals surface area (Å²) >= 11 is 0. The van der Waals surface area contributed by atoms with Crippen molar-refractivity contribution in [3.8, 4) is 0 Å². The van der Waals surface area contributed by atoms with E-state index in [0.29, 0.717) is 5.39 Å². The Morgan fingerprint density at radius 2 is 1.94 bits per heavy atom. The molecule has 0 aliphatic rings. The van der Waals surface area contributed by atoms with Crippen molar-refractivity contribution >= 4 is 22.6 Å². The number of rotatable bonds is 2. The highest BCUT2D eigenvalue weighted by molar-refractivity contribution is 5.90. The van der Waals surface area contributed by atoms with Crippen molar-refractivity contribution < 1.29 is 14.3 Å². The van der Waals surface area contributed by atoms with Gasteiger partial charge in [-0.1, -0.05) is 0 Å². The molecule has 2 rings (SSSR count). The fourth-order valence-corrected chi connectivity index (χ4v) is 1.61. The minimum absolute atomic E-state index is 0.118. The molecule has 6 heteroatoms. The van der Waals surface area contributed by atoms with Crippen LogP contribution in [0.5, 0.6) is 0 Å². The first kappa shape index (κ1) is 11.2. The maximum absolute atomic E-state index is 11.1. The topological polar surface area (TPSA) is 120 Å². The number of aliphatic carboxylic acids is 1. The third kappa shape index (κ3) is 1.85. The lowest BCUT2D eigenvalue weighted by Crippen LogP contribution is -2.22. The monoisotopic (exact) mass is 234 g/mol. The Labute approximate surface area is 95.4 Å². The molecule has 17 heavy (non-hydrogen) atoms. The number of benzene rings is 1. The minimum atomic E-state index is -1.33. The molecule has 6 nitrogen and oxygen atoms in total. The third-order valence-corrected chi connectivity index (χ3v) is 2.44. The number of carboxylic acid groups (broad SMARTS) is 1. The van der Waals surface area contributed by atoms with E-state index < -0.39 is 17.6 Å². The summed E-state index contributed by atoms with van der Waals surface area (Å²) in [5, 5.41) is 9.46. The van der Waals surface area contributed by atoms with Gasteiger partial charge in [-0.25, -0.2) is 4.79 Å². The van der Waals surface area contributed by atoms with Crippen molar-refractivity contribution in [1.82, 2.24) is 0 Å². The van der Waals surface area contributed by atoms with Gasteiger partial charge in [0.2, 0.25) is 0 Å². The highest BCUT2D eigenvalue weighted by atomic mass is 16.4. The lowest BCUT2D eigenvalue weighted by atomic mass is 10.0. The molecule has 88 valence electrons. The second-order valence-electron chi connectivity index (χ2n) is 3.56. The zero-order valence-corrected chi connectivity index (χ0v) is 8.71. The van der Waals surface area contributed by atoms with Crippen molar-refractivity contribution in [3.63, 3.8) is 0 Å². The number of hydrogen-bond donors (Lipinski definition) is 3. The van der Waals surface area contributed by atoms with Crippen LogP contribution < -0.4 is 17.1 Å². The molecule has 0 fully saturated rings. The van der Waals surface area contributed by atoms with Crippen LogP contribution in [0.2, 0.25) is 0 Å². The highest BCUT2D eigenvalue weighted by Gasteiger charge is 2.21. The van der Waals surface area contributed by atoms with Crippen LogP contribution in [-0.2, 0) is 4.79 Å². The fraction of sp³-hybridized carbons (Fsp3) is 0.0909. The second kappa shape index (κ2) is 3.91. The number of fused-ring (bicyclic) bond motifs is 1. The standard InChI is InChI=1S/C11H10N2O4/c12-6-3-1-5-2-4-7(14)17-10(5)8(6)9(13)11(15)16/h1-4,9H,12-13H2,(H,15,16)/t9-/m0/s1. The molecule has 0 bridgehead atoms. The van der Waals surface area contributed by atoms with E-state index in [4.69, 9.17) is 21.0 Å². The number of nitrogens with two attached hydrogens (primary N) is 2. The van der Waals surface area contributed by atoms with Crippen LogP contribution in [0.15, 0.2) is 33.5 Å². The average molecular weight is 234 g/mol. The summed E-state index contributed by atoms with van der Waals surface area (Å²) in [7, 11) is 0. The molecule has 0 aliphatic heterocycles. The van der Waals surface area contributed by atoms with Gasteiger partial charge in [0.15, 0.2) is 0 Å². The first-order chi connectivity index (χ1) is 8.00. The Morgan fingerprint density at radius 3 is 2.59 bits per heavy atom. The summed E-state index contributed by atoms with van der Waals surface area (Å²) < 4.78 is 4.97. The van der Waals surface area contributed by atoms with Crippen LogP contribution in [-0.4, -0.2) is 11.1 Å². The van der Waals surface area contributed by atoms with E-state index in [0.717, 1.165) is 0 Å². The van der Waals surface area contributed by atoms with E-state index in [1.165, 1.54) is 18.2 Å². The molecule has 1 heterocycles. The fourth-order valence-electron chi connectivity index (χ4n) is 1.61. The molecular weight excluding hydrogens is 224 g/mol. The SMILES string of the molecule is Nc1ccc2ccc(=O)oc2c1[C@H](N)C(=O)O. The molecule has 1 aromatic carbocycles. The van der Waals surface area contributed by atoms with Gasteiger partial charge in [-0.2, -0.15) is 0 Å². The lowest BCUT2D eigenvalue weighted by Gasteiger charge is -2.11. The van der Waals surface area contributed by atoms with Crippen molar-refractivity contribution in [1.29, 1.82) is 0 Å². The largest absolute Gasteiger partial charge is 0.480 e. The predicted molar refractivity (Wildman–Crippen MR) is 61.5 cm³/mol. The second-order valence-corrected chi connectivity index (χ2v) is 3.56. The normalized spacial score (nSPS) is 12.5. The number of anilines is 1. The zero-order valence-electron chi connectivity index (χ0n) is 8.71. The van der Waals surface area contributed by atoms with Crippen molar-refractivity contribution in [2.45, 2.75) is 6.04 Å². The maximum Gasteiger partial charge on any atom is 0.336 e. The van der Waals surface area contributed by atoms with Crippen molar-refractivity contribution in [3.05, 3.63) is 40.2 Å². The Hall–Kier alpha value is -2.34. The molecule has 5 N–H and O–H groups in total. The Balaban J connectivity index is 2.83. The number of carbonyl (C=O) groups is 1. The van der Waals surface area contributed by atoms with Crippen molar-refractivity contribution in [2.24, 2.45) is 5.73 Å². The Morgan fingerprint density at radius 1 is 1.29 bits per heavy atom. The van der Waals surface area contributed by atoms with E-state index in [2.05, 4.69) is 0 Å². The number of carboxylic acids is 1. The smallest absolute Gasteiger partial charge is 0.336 e. The van der Waals surface area contributed by atoms with Crippen LogP contribution >= 0.6 is 0 Å². The molecule has 0 unspecified atom stereocenters. The van der Waals surface area contributed by atoms with Crippen LogP contribution in [0.25, 0.3) is 11.0 Å². The van der Waals surface area contributed by atoms with Crippen LogP contribution in [0.4, 0.5) is 5.69 Å². The van der Waals surface area contributed by atoms with Gasteiger partial charge in [0, 0.05) is 22.7 Å². The van der Waals surface area contributed by atoms with E-state index >= 15 is 0 Å². The zero-order chi connectivity index (χ0) is 12.6. The number of nitrogen functional groups attached to an aromatic ring is 1. The summed E-state index contributed by atoms with van der Waals surface area (Å²) in [5.74, 6) is -1.24. The van der Waals surface area contributed by atoms with Crippen LogP contribution in [0, 0.1) is 0 Å². The molecule has 0 radical (unpaired) electrons. The quantitative estimate of drug-likeness (QED) is 0.513. The molecule has 0 amide bonds. The first-order valence-corrected chi connectivity index (χ1v) is 4.81. The molecule has 0 saturated carbocycles. The molecule has 0 spiro atoms. The number of hydrogen-bond acceptors (Lipinski definition) is 5. The lowest BCUT2D eigenvalue weighted by molar-refractivity contribution is -0.138. The Bertz CT molecular complexity index is 647. The van der Waals surface area contributed by atoms with Crippen LogP contribution in [0.3, 0.4) is 0 Å². The maximum atomic E-state index is 11.1. The van der Waals surface area contributed by atoms with Gasteiger partial charge in [0.1, 0.15) is 11.6 Å². The molecular formula is C11H10N2O4. The van der Waals surface area contributed by atoms with Crippen LogP contribution in [0.1, 0.15) is 11.6 Å². The molecule has 1 atom stereocenters. The Kier molecular flexibility index (Phi) is 2.57. The summed E-state index contributed by atoms with van der Waals surface area (Å²) in [6.45, 7) is 0. The van der Waals surface area contributed by atoms with Gasteiger partial charge in [0.25, 0.3) is 0 Å². The summed E-state index contributed by atoms with van der Waals surface area (Å²) in [5.41, 5.74) is 11.0. The minimum Gasteiger partial charge on any atom is -0.480 e. The van der Waals surface area contributed by atoms with E-state index in [-0.39, 0.29) is 16.8 Å². The highest BCUT2D eigenvalue weighted by Crippen LogP contribution is 2.27. The molecule has 0 saturated heterocycles. The average Bonchev–Trinajstić information content (AvgIpc) is 2.27. The van der Waals surface area contributed by atoms with E-state index in [1.54, 1.807) is 6.07 Å². The first-order valence-electron chi connectivity index (χ1n) is 4.81. The summed E-state index contributed by atoms with van der Waals surface area (Å²) in [6, 6.07) is 4.60. The molecule has 2 aromatic rings. The van der Waals surface area contributed by atoms with Gasteiger partial charge in [-0.15, -0.1) is 0 Å². The van der Waals surface area contributed by atoms with Gasteiger partial charge in [0.05, 0.1) is 0 Å². The third-order valence-electron chi connectivity index (χ3n) is 2.44. The predicted octanol–water partition coefficient (Wildman–Crippen LogP) is 0.460. The summed E-state index contributed by atoms with van der Waals surface area (Å²) in [6.07, 6.45) is 0. The van der Waals surface area contributed by atoms with E-state index in [1.807, 2.05) is 0 Å². The summed E-state index contributed by atoms with van der Waals surface area (Å²) in [4.78, 5) is 22.0.